The number of H-pyrrole nitrogens is 1. The van der Waals surface area contributed by atoms with Gasteiger partial charge in [0.2, 0.25) is 5.91 Å². The van der Waals surface area contributed by atoms with Gasteiger partial charge < -0.3 is 15.0 Å². The lowest BCUT2D eigenvalue weighted by atomic mass is 10.0. The van der Waals surface area contributed by atoms with E-state index in [1.807, 2.05) is 36.6 Å². The normalized spacial score (nSPS) is 10.9. The molecule has 0 unspecified atom stereocenters. The quantitative estimate of drug-likeness (QED) is 0.362. The van der Waals surface area contributed by atoms with Crippen molar-refractivity contribution in [2.45, 2.75) is 38.0 Å². The largest absolute Gasteiger partial charge is 0.435 e. The minimum absolute atomic E-state index is 0.0592. The molecular formula is C23H23F2N3O3S. The molecule has 0 radical (unpaired) electrons. The van der Waals surface area contributed by atoms with E-state index < -0.39 is 6.61 Å². The summed E-state index contributed by atoms with van der Waals surface area (Å²) in [6, 6.07) is 13.9. The molecule has 3 rings (SSSR count). The molecule has 3 aromatic rings. The molecule has 0 aliphatic carbocycles. The fourth-order valence-corrected chi connectivity index (χ4v) is 3.68. The topological polar surface area (TPSA) is 84.1 Å². The van der Waals surface area contributed by atoms with Crippen molar-refractivity contribution in [2.24, 2.45) is 0 Å². The molecule has 1 amide bonds. The number of halogens is 2. The fraction of sp³-hybridized carbons (Fsp3) is 0.261. The number of aromatic amines is 1. The number of aryl methyl sites for hydroxylation is 1. The highest BCUT2D eigenvalue weighted by Crippen LogP contribution is 2.27. The fourth-order valence-electron chi connectivity index (χ4n) is 3.26. The van der Waals surface area contributed by atoms with E-state index in [1.54, 1.807) is 13.0 Å². The average Bonchev–Trinajstić information content (AvgIpc) is 2.75. The lowest BCUT2D eigenvalue weighted by Crippen LogP contribution is -2.20. The summed E-state index contributed by atoms with van der Waals surface area (Å²) >= 11 is 1.34. The molecule has 0 bridgehead atoms. The lowest BCUT2D eigenvalue weighted by Gasteiger charge is -2.14. The van der Waals surface area contributed by atoms with Crippen molar-refractivity contribution in [3.05, 3.63) is 81.3 Å². The average molecular weight is 460 g/mol. The molecule has 2 aromatic carbocycles. The van der Waals surface area contributed by atoms with E-state index in [4.69, 9.17) is 0 Å². The molecule has 1 heterocycles. The Labute approximate surface area is 188 Å². The first-order chi connectivity index (χ1) is 15.4. The van der Waals surface area contributed by atoms with Crippen LogP contribution in [0.25, 0.3) is 0 Å². The predicted octanol–water partition coefficient (Wildman–Crippen LogP) is 4.56. The van der Waals surface area contributed by atoms with E-state index in [9.17, 15) is 18.4 Å². The van der Waals surface area contributed by atoms with Gasteiger partial charge in [0, 0.05) is 35.3 Å². The molecule has 0 aliphatic heterocycles. The number of rotatable bonds is 9. The molecule has 32 heavy (non-hydrogen) atoms. The summed E-state index contributed by atoms with van der Waals surface area (Å²) in [5, 5.41) is 3.29. The molecule has 0 saturated carbocycles. The Balaban J connectivity index is 1.72. The summed E-state index contributed by atoms with van der Waals surface area (Å²) < 4.78 is 30.2. The zero-order valence-corrected chi connectivity index (χ0v) is 18.5. The van der Waals surface area contributed by atoms with Crippen LogP contribution in [0.2, 0.25) is 0 Å². The van der Waals surface area contributed by atoms with Crippen LogP contribution in [0, 0.1) is 6.92 Å². The van der Waals surface area contributed by atoms with Gasteiger partial charge in [-0.05, 0) is 43.4 Å². The third-order valence-electron chi connectivity index (χ3n) is 4.79. The highest BCUT2D eigenvalue weighted by molar-refractivity contribution is 7.98. The Kier molecular flexibility index (Phi) is 7.99. The Morgan fingerprint density at radius 2 is 1.97 bits per heavy atom. The molecule has 1 aromatic heterocycles. The molecular weight excluding hydrogens is 436 g/mol. The molecule has 9 heteroatoms. The van der Waals surface area contributed by atoms with E-state index in [1.165, 1.54) is 23.9 Å². The summed E-state index contributed by atoms with van der Waals surface area (Å²) in [7, 11) is 0. The molecule has 6 nitrogen and oxygen atoms in total. The molecule has 0 spiro atoms. The Morgan fingerprint density at radius 1 is 1.22 bits per heavy atom. The highest BCUT2D eigenvalue weighted by atomic mass is 32.2. The number of carbonyl (C=O) groups excluding carboxylic acids is 1. The first-order valence-corrected chi connectivity index (χ1v) is 11.1. The predicted molar refractivity (Wildman–Crippen MR) is 121 cm³/mol. The maximum atomic E-state index is 12.8. The number of anilines is 1. The van der Waals surface area contributed by atoms with Crippen LogP contribution in [-0.2, 0) is 17.6 Å². The second-order valence-electron chi connectivity index (χ2n) is 7.05. The van der Waals surface area contributed by atoms with Crippen LogP contribution in [0.15, 0.2) is 58.5 Å². The van der Waals surface area contributed by atoms with Gasteiger partial charge in [-0.1, -0.05) is 42.1 Å². The van der Waals surface area contributed by atoms with Gasteiger partial charge in [-0.3, -0.25) is 9.59 Å². The van der Waals surface area contributed by atoms with Crippen molar-refractivity contribution in [2.75, 3.05) is 11.6 Å². The number of hydrogen-bond acceptors (Lipinski definition) is 5. The maximum absolute atomic E-state index is 12.8. The summed E-state index contributed by atoms with van der Waals surface area (Å²) in [6.45, 7) is -1.21. The molecule has 0 saturated heterocycles. The van der Waals surface area contributed by atoms with Gasteiger partial charge in [0.15, 0.2) is 5.16 Å². The number of thioether (sulfide) groups is 1. The number of carbonyl (C=O) groups is 1. The van der Waals surface area contributed by atoms with Crippen LogP contribution >= 0.6 is 11.8 Å². The van der Waals surface area contributed by atoms with Crippen molar-refractivity contribution < 1.29 is 18.3 Å². The number of benzene rings is 2. The summed E-state index contributed by atoms with van der Waals surface area (Å²) in [6.07, 6.45) is 2.49. The van der Waals surface area contributed by atoms with Crippen molar-refractivity contribution in [1.29, 1.82) is 0 Å². The highest BCUT2D eigenvalue weighted by Gasteiger charge is 2.14. The number of nitrogens with one attached hydrogen (secondary N) is 2. The lowest BCUT2D eigenvalue weighted by molar-refractivity contribution is -0.116. The minimum Gasteiger partial charge on any atom is -0.435 e. The number of ether oxygens (including phenoxy) is 1. The van der Waals surface area contributed by atoms with E-state index in [0.717, 1.165) is 5.56 Å². The Bertz CT molecular complexity index is 1140. The zero-order valence-electron chi connectivity index (χ0n) is 17.7. The number of nitrogens with zero attached hydrogens (tertiary/aromatic N) is 1. The molecule has 0 fully saturated rings. The second-order valence-corrected chi connectivity index (χ2v) is 7.85. The first-order valence-electron chi connectivity index (χ1n) is 9.91. The third kappa shape index (κ3) is 6.40. The Hall–Kier alpha value is -3.20. The molecule has 0 aliphatic rings. The van der Waals surface area contributed by atoms with Crippen molar-refractivity contribution in [3.8, 4) is 5.75 Å². The summed E-state index contributed by atoms with van der Waals surface area (Å²) in [5.41, 5.74) is 2.70. The first kappa shape index (κ1) is 23.5. The van der Waals surface area contributed by atoms with Crippen LogP contribution in [0.3, 0.4) is 0 Å². The maximum Gasteiger partial charge on any atom is 0.387 e. The van der Waals surface area contributed by atoms with Crippen molar-refractivity contribution in [3.63, 3.8) is 0 Å². The van der Waals surface area contributed by atoms with Gasteiger partial charge in [0.1, 0.15) is 5.75 Å². The van der Waals surface area contributed by atoms with Gasteiger partial charge in [-0.25, -0.2) is 4.98 Å². The van der Waals surface area contributed by atoms with Crippen LogP contribution in [0.1, 0.15) is 28.8 Å². The van der Waals surface area contributed by atoms with Gasteiger partial charge in [-0.15, -0.1) is 0 Å². The van der Waals surface area contributed by atoms with Crippen LogP contribution in [0.5, 0.6) is 5.75 Å². The van der Waals surface area contributed by atoms with E-state index >= 15 is 0 Å². The summed E-state index contributed by atoms with van der Waals surface area (Å²) in [5.74, 6) is -0.241. The second kappa shape index (κ2) is 10.9. The van der Waals surface area contributed by atoms with Gasteiger partial charge >= 0.3 is 6.61 Å². The van der Waals surface area contributed by atoms with Crippen LogP contribution in [0.4, 0.5) is 14.5 Å². The van der Waals surface area contributed by atoms with Crippen LogP contribution < -0.4 is 15.6 Å². The zero-order chi connectivity index (χ0) is 23.1. The standard InChI is InChI=1S/C23H23F2N3O3S/c1-14-18(21(30)28-23(26-14)32-2)9-11-20(29)27-17-8-10-19(31-22(24)25)16(13-17)12-15-6-4-3-5-7-15/h3-8,10,13,22H,9,11-12H2,1-2H3,(H,27,29)(H,26,28,30). The minimum atomic E-state index is -2.95. The van der Waals surface area contributed by atoms with Gasteiger partial charge in [0.05, 0.1) is 0 Å². The van der Waals surface area contributed by atoms with Crippen LogP contribution in [-0.4, -0.2) is 28.7 Å². The van der Waals surface area contributed by atoms with Gasteiger partial charge in [-0.2, -0.15) is 8.78 Å². The Morgan fingerprint density at radius 3 is 2.62 bits per heavy atom. The van der Waals surface area contributed by atoms with Crippen molar-refractivity contribution in [1.82, 2.24) is 9.97 Å². The van der Waals surface area contributed by atoms with Gasteiger partial charge in [0.25, 0.3) is 5.56 Å². The third-order valence-corrected chi connectivity index (χ3v) is 5.37. The molecule has 0 atom stereocenters. The number of alkyl halides is 2. The molecule has 2 N–H and O–H groups in total. The number of hydrogen-bond donors (Lipinski definition) is 2. The SMILES string of the molecule is CSc1nc(C)c(CCC(=O)Nc2ccc(OC(F)F)c(Cc3ccccc3)c2)c(=O)[nH]1. The number of amides is 1. The van der Waals surface area contributed by atoms with E-state index in [-0.39, 0.29) is 30.1 Å². The van der Waals surface area contributed by atoms with Crippen molar-refractivity contribution >= 4 is 23.4 Å². The van der Waals surface area contributed by atoms with E-state index in [0.29, 0.717) is 34.1 Å². The van der Waals surface area contributed by atoms with E-state index in [2.05, 4.69) is 20.0 Å². The molecule has 168 valence electrons. The summed E-state index contributed by atoms with van der Waals surface area (Å²) in [4.78, 5) is 31.7. The smallest absolute Gasteiger partial charge is 0.387 e. The number of aromatic nitrogens is 2. The monoisotopic (exact) mass is 459 g/mol.